The molecule has 1 N–H and O–H groups in total. The molecule has 0 aliphatic heterocycles. The second-order valence-electron chi connectivity index (χ2n) is 4.84. The lowest BCUT2D eigenvalue weighted by atomic mass is 9.99. The Hall–Kier alpha value is -1.34. The minimum atomic E-state index is -0.242. The van der Waals surface area contributed by atoms with E-state index in [4.69, 9.17) is 4.52 Å². The molecule has 0 aliphatic carbocycles. The summed E-state index contributed by atoms with van der Waals surface area (Å²) in [6.07, 6.45) is 2.95. The lowest BCUT2D eigenvalue weighted by Crippen LogP contribution is -2.30. The number of carbonyl (C=O) groups is 1. The number of thiophene rings is 1. The summed E-state index contributed by atoms with van der Waals surface area (Å²) in [6.45, 7) is 5.62. The molecule has 0 aliphatic rings. The molecule has 2 atom stereocenters. The van der Waals surface area contributed by atoms with Gasteiger partial charge in [-0.25, -0.2) is 0 Å². The van der Waals surface area contributed by atoms with Gasteiger partial charge in [0.25, 0.3) is 0 Å². The molecule has 0 bridgehead atoms. The second-order valence-corrected chi connectivity index (χ2v) is 7.03. The van der Waals surface area contributed by atoms with Gasteiger partial charge in [0.1, 0.15) is 6.04 Å². The number of carbonyl (C=O) groups excluding carboxylic acids is 1. The Balaban J connectivity index is 2.25. The lowest BCUT2D eigenvalue weighted by molar-refractivity contribution is -0.120. The molecule has 7 heteroatoms. The highest BCUT2D eigenvalue weighted by Crippen LogP contribution is 2.32. The third kappa shape index (κ3) is 3.85. The first-order chi connectivity index (χ1) is 10.0. The molecule has 0 aromatic carbocycles. The van der Waals surface area contributed by atoms with Crippen molar-refractivity contribution in [2.75, 3.05) is 6.26 Å². The topological polar surface area (TPSA) is 68.0 Å². The van der Waals surface area contributed by atoms with E-state index in [0.717, 1.165) is 11.3 Å². The summed E-state index contributed by atoms with van der Waals surface area (Å²) >= 11 is 3.32. The highest BCUT2D eigenvalue weighted by atomic mass is 32.2. The van der Waals surface area contributed by atoms with E-state index in [2.05, 4.69) is 29.3 Å². The first kappa shape index (κ1) is 16.0. The molecular weight excluding hydrogens is 306 g/mol. The normalized spacial score (nSPS) is 13.9. The number of amides is 1. The van der Waals surface area contributed by atoms with E-state index in [9.17, 15) is 4.79 Å². The Morgan fingerprint density at radius 1 is 1.52 bits per heavy atom. The largest absolute Gasteiger partial charge is 0.344 e. The summed E-state index contributed by atoms with van der Waals surface area (Å²) in [5.74, 6) is 1.18. The molecule has 2 rings (SSSR count). The minimum Gasteiger partial charge on any atom is -0.344 e. The molecule has 5 nitrogen and oxygen atoms in total. The minimum absolute atomic E-state index is 0.0964. The van der Waals surface area contributed by atoms with Crippen molar-refractivity contribution < 1.29 is 9.32 Å². The zero-order chi connectivity index (χ0) is 15.4. The first-order valence-corrected chi connectivity index (χ1v) is 8.84. The molecule has 2 aromatic rings. The predicted molar refractivity (Wildman–Crippen MR) is 85.4 cm³/mol. The Bertz CT molecular complexity index is 609. The Morgan fingerprint density at radius 2 is 2.29 bits per heavy atom. The van der Waals surface area contributed by atoms with Gasteiger partial charge in [0.05, 0.1) is 9.09 Å². The van der Waals surface area contributed by atoms with Crippen molar-refractivity contribution in [3.8, 4) is 10.7 Å². The van der Waals surface area contributed by atoms with Gasteiger partial charge in [0.2, 0.25) is 17.6 Å². The van der Waals surface area contributed by atoms with Crippen LogP contribution in [0.15, 0.2) is 20.9 Å². The zero-order valence-electron chi connectivity index (χ0n) is 12.5. The monoisotopic (exact) mass is 325 g/mol. The van der Waals surface area contributed by atoms with Gasteiger partial charge in [-0.05, 0) is 24.3 Å². The fourth-order valence-corrected chi connectivity index (χ4v) is 3.38. The van der Waals surface area contributed by atoms with Crippen molar-refractivity contribution in [2.24, 2.45) is 5.92 Å². The van der Waals surface area contributed by atoms with Crippen LogP contribution in [-0.4, -0.2) is 22.3 Å². The zero-order valence-corrected chi connectivity index (χ0v) is 14.2. The van der Waals surface area contributed by atoms with Crippen LogP contribution in [0.2, 0.25) is 0 Å². The molecule has 2 heterocycles. The van der Waals surface area contributed by atoms with Gasteiger partial charge in [-0.2, -0.15) is 4.98 Å². The maximum atomic E-state index is 11.4. The van der Waals surface area contributed by atoms with Crippen LogP contribution in [0.4, 0.5) is 0 Å². The standard InChI is InChI=1S/C14H19N3O2S2/c1-5-8(2)12(15-9(3)18)14-16-13(17-19-14)10-6-7-11(20-4)21-10/h6-8,12H,5H2,1-4H3,(H,15,18)/t8-,12-/m0/s1. The molecule has 0 saturated carbocycles. The molecular formula is C14H19N3O2S2. The van der Waals surface area contributed by atoms with Gasteiger partial charge in [-0.3, -0.25) is 4.79 Å². The number of nitrogens with zero attached hydrogens (tertiary/aromatic N) is 2. The molecule has 1 amide bonds. The molecule has 0 radical (unpaired) electrons. The van der Waals surface area contributed by atoms with Gasteiger partial charge >= 0.3 is 0 Å². The summed E-state index contributed by atoms with van der Waals surface area (Å²) in [4.78, 5) is 16.8. The van der Waals surface area contributed by atoms with Crippen LogP contribution < -0.4 is 5.32 Å². The fourth-order valence-electron chi connectivity index (χ4n) is 1.91. The maximum Gasteiger partial charge on any atom is 0.249 e. The third-order valence-corrected chi connectivity index (χ3v) is 5.45. The first-order valence-electron chi connectivity index (χ1n) is 6.80. The van der Waals surface area contributed by atoms with Gasteiger partial charge in [0.15, 0.2) is 0 Å². The third-order valence-electron chi connectivity index (χ3n) is 3.28. The van der Waals surface area contributed by atoms with E-state index in [1.54, 1.807) is 23.1 Å². The van der Waals surface area contributed by atoms with Gasteiger partial charge < -0.3 is 9.84 Å². The molecule has 21 heavy (non-hydrogen) atoms. The van der Waals surface area contributed by atoms with Crippen molar-refractivity contribution >= 4 is 29.0 Å². The summed E-state index contributed by atoms with van der Waals surface area (Å²) in [6, 6.07) is 3.79. The Morgan fingerprint density at radius 3 is 2.86 bits per heavy atom. The average Bonchev–Trinajstić information content (AvgIpc) is 3.11. The van der Waals surface area contributed by atoms with E-state index in [0.29, 0.717) is 11.7 Å². The molecule has 0 spiro atoms. The van der Waals surface area contributed by atoms with Crippen LogP contribution in [0.1, 0.15) is 39.1 Å². The number of aromatic nitrogens is 2. The lowest BCUT2D eigenvalue weighted by Gasteiger charge is -2.19. The van der Waals surface area contributed by atoms with Crippen molar-refractivity contribution in [1.82, 2.24) is 15.5 Å². The van der Waals surface area contributed by atoms with Crippen LogP contribution in [0.3, 0.4) is 0 Å². The Kier molecular flexibility index (Phi) is 5.41. The molecule has 0 unspecified atom stereocenters. The molecule has 0 fully saturated rings. The summed E-state index contributed by atoms with van der Waals surface area (Å²) < 4.78 is 6.58. The van der Waals surface area contributed by atoms with Crippen molar-refractivity contribution in [3.05, 3.63) is 18.0 Å². The van der Waals surface area contributed by atoms with E-state index in [1.807, 2.05) is 18.4 Å². The molecule has 2 aromatic heterocycles. The number of rotatable bonds is 6. The van der Waals surface area contributed by atoms with E-state index in [-0.39, 0.29) is 17.9 Å². The smallest absolute Gasteiger partial charge is 0.249 e. The number of thioether (sulfide) groups is 1. The molecule has 114 valence electrons. The highest BCUT2D eigenvalue weighted by molar-refractivity contribution is 8.00. The fraction of sp³-hybridized carbons (Fsp3) is 0.500. The van der Waals surface area contributed by atoms with Crippen molar-refractivity contribution in [1.29, 1.82) is 0 Å². The van der Waals surface area contributed by atoms with E-state index in [1.165, 1.54) is 11.1 Å². The SMILES string of the molecule is CC[C@H](C)[C@H](NC(C)=O)c1nc(-c2ccc(SC)s2)no1. The summed E-state index contributed by atoms with van der Waals surface area (Å²) in [5, 5.41) is 6.93. The van der Waals surface area contributed by atoms with Gasteiger partial charge in [-0.15, -0.1) is 23.1 Å². The number of hydrogen-bond donors (Lipinski definition) is 1. The van der Waals surface area contributed by atoms with E-state index < -0.39 is 0 Å². The second kappa shape index (κ2) is 7.09. The van der Waals surface area contributed by atoms with Crippen LogP contribution in [0.25, 0.3) is 10.7 Å². The van der Waals surface area contributed by atoms with Gasteiger partial charge in [-0.1, -0.05) is 25.4 Å². The molecule has 0 saturated heterocycles. The van der Waals surface area contributed by atoms with Crippen LogP contribution in [0.5, 0.6) is 0 Å². The summed E-state index contributed by atoms with van der Waals surface area (Å²) in [7, 11) is 0. The maximum absolute atomic E-state index is 11.4. The highest BCUT2D eigenvalue weighted by Gasteiger charge is 2.25. The van der Waals surface area contributed by atoms with Crippen LogP contribution >= 0.6 is 23.1 Å². The summed E-state index contributed by atoms with van der Waals surface area (Å²) in [5.41, 5.74) is 0. The predicted octanol–water partition coefficient (Wildman–Crippen LogP) is 3.74. The number of hydrogen-bond acceptors (Lipinski definition) is 6. The van der Waals surface area contributed by atoms with Crippen LogP contribution in [-0.2, 0) is 4.79 Å². The van der Waals surface area contributed by atoms with Crippen molar-refractivity contribution in [3.63, 3.8) is 0 Å². The van der Waals surface area contributed by atoms with Crippen LogP contribution in [0, 0.1) is 5.92 Å². The Labute approximate surface area is 132 Å². The van der Waals surface area contributed by atoms with E-state index >= 15 is 0 Å². The number of nitrogens with one attached hydrogen (secondary N) is 1. The quantitative estimate of drug-likeness (QED) is 0.819. The average molecular weight is 325 g/mol. The van der Waals surface area contributed by atoms with Crippen molar-refractivity contribution in [2.45, 2.75) is 37.4 Å². The van der Waals surface area contributed by atoms with Gasteiger partial charge in [0, 0.05) is 6.92 Å².